The summed E-state index contributed by atoms with van der Waals surface area (Å²) in [6.07, 6.45) is -4.24. The van der Waals surface area contributed by atoms with E-state index in [0.29, 0.717) is 24.6 Å². The van der Waals surface area contributed by atoms with Gasteiger partial charge in [-0.2, -0.15) is 13.2 Å². The molecule has 0 aliphatic carbocycles. The van der Waals surface area contributed by atoms with Gasteiger partial charge in [0, 0.05) is 18.7 Å². The van der Waals surface area contributed by atoms with Crippen molar-refractivity contribution in [1.29, 1.82) is 0 Å². The van der Waals surface area contributed by atoms with Crippen LogP contribution in [0.3, 0.4) is 0 Å². The van der Waals surface area contributed by atoms with Crippen LogP contribution in [0.4, 0.5) is 13.2 Å². The number of aliphatic imine (C=N–C) groups is 1. The summed E-state index contributed by atoms with van der Waals surface area (Å²) in [5.74, 6) is 0.241. The zero-order chi connectivity index (χ0) is 19.6. The van der Waals surface area contributed by atoms with Crippen LogP contribution in [-0.2, 0) is 16.1 Å². The van der Waals surface area contributed by atoms with E-state index in [1.165, 1.54) is 7.11 Å². The molecule has 1 aromatic rings. The predicted octanol–water partition coefficient (Wildman–Crippen LogP) is 3.17. The number of esters is 1. The van der Waals surface area contributed by atoms with Crippen LogP contribution in [0, 0.1) is 6.92 Å². The highest BCUT2D eigenvalue weighted by molar-refractivity contribution is 14.0. The van der Waals surface area contributed by atoms with E-state index in [1.807, 2.05) is 6.92 Å². The average Bonchev–Trinajstić information content (AvgIpc) is 2.58. The van der Waals surface area contributed by atoms with Gasteiger partial charge in [-0.15, -0.1) is 24.0 Å². The number of carbonyl (C=O) groups excluding carboxylic acids is 1. The molecule has 0 radical (unpaired) electrons. The Labute approximate surface area is 173 Å². The summed E-state index contributed by atoms with van der Waals surface area (Å²) in [6.45, 7) is 3.33. The minimum absolute atomic E-state index is 0. The van der Waals surface area contributed by atoms with Gasteiger partial charge < -0.3 is 20.1 Å². The molecular formula is C17H25F3IN3O3. The van der Waals surface area contributed by atoms with Crippen molar-refractivity contribution in [2.45, 2.75) is 33.0 Å². The van der Waals surface area contributed by atoms with E-state index >= 15 is 0 Å². The van der Waals surface area contributed by atoms with E-state index < -0.39 is 12.8 Å². The minimum Gasteiger partial charge on any atom is -0.484 e. The molecule has 0 spiro atoms. The molecular weight excluding hydrogens is 478 g/mol. The van der Waals surface area contributed by atoms with Crippen molar-refractivity contribution >= 4 is 35.9 Å². The van der Waals surface area contributed by atoms with Crippen molar-refractivity contribution in [2.24, 2.45) is 4.99 Å². The maximum atomic E-state index is 12.4. The van der Waals surface area contributed by atoms with Crippen LogP contribution in [0.1, 0.15) is 24.5 Å². The average molecular weight is 503 g/mol. The van der Waals surface area contributed by atoms with Crippen LogP contribution in [0.2, 0.25) is 0 Å². The van der Waals surface area contributed by atoms with Crippen LogP contribution in [-0.4, -0.2) is 44.9 Å². The van der Waals surface area contributed by atoms with Crippen molar-refractivity contribution in [3.63, 3.8) is 0 Å². The number of ether oxygens (including phenoxy) is 2. The summed E-state index contributed by atoms with van der Waals surface area (Å²) in [7, 11) is 1.31. The summed E-state index contributed by atoms with van der Waals surface area (Å²) < 4.78 is 46.7. The Hall–Kier alpha value is -1.72. The maximum absolute atomic E-state index is 12.4. The fraction of sp³-hybridized carbons (Fsp3) is 0.529. The summed E-state index contributed by atoms with van der Waals surface area (Å²) >= 11 is 0. The molecule has 6 nitrogen and oxygen atoms in total. The van der Waals surface area contributed by atoms with Gasteiger partial charge in [0.2, 0.25) is 0 Å². The Bertz CT molecular complexity index is 625. The van der Waals surface area contributed by atoms with E-state index in [2.05, 4.69) is 20.4 Å². The first kappa shape index (κ1) is 25.3. The van der Waals surface area contributed by atoms with E-state index in [4.69, 9.17) is 4.74 Å². The second-order valence-corrected chi connectivity index (χ2v) is 5.46. The number of guanidine groups is 1. The Morgan fingerprint density at radius 1 is 1.26 bits per heavy atom. The first-order valence-corrected chi connectivity index (χ1v) is 8.13. The van der Waals surface area contributed by atoms with E-state index in [9.17, 15) is 18.0 Å². The number of carbonyl (C=O) groups is 1. The first-order valence-electron chi connectivity index (χ1n) is 8.13. The highest BCUT2D eigenvalue weighted by Gasteiger charge is 2.28. The zero-order valence-electron chi connectivity index (χ0n) is 15.5. The van der Waals surface area contributed by atoms with Crippen LogP contribution < -0.4 is 15.4 Å². The van der Waals surface area contributed by atoms with Crippen LogP contribution in [0.15, 0.2) is 23.2 Å². The molecule has 0 saturated heterocycles. The molecule has 0 amide bonds. The van der Waals surface area contributed by atoms with Crippen LogP contribution >= 0.6 is 24.0 Å². The lowest BCUT2D eigenvalue weighted by Crippen LogP contribution is -2.38. The molecule has 0 unspecified atom stereocenters. The number of hydrogen-bond acceptors (Lipinski definition) is 4. The smallest absolute Gasteiger partial charge is 0.422 e. The van der Waals surface area contributed by atoms with Gasteiger partial charge in [0.25, 0.3) is 0 Å². The summed E-state index contributed by atoms with van der Waals surface area (Å²) in [4.78, 5) is 15.5. The number of hydrogen-bond donors (Lipinski definition) is 2. The SMILES string of the molecule is CCNC(=NCc1ccc(C)cc1OCC(F)(F)F)NCCC(=O)OC.I. The van der Waals surface area contributed by atoms with Gasteiger partial charge in [0.1, 0.15) is 5.75 Å². The molecule has 0 heterocycles. The fourth-order valence-corrected chi connectivity index (χ4v) is 1.98. The Morgan fingerprint density at radius 2 is 1.96 bits per heavy atom. The van der Waals surface area contributed by atoms with Gasteiger partial charge in [-0.3, -0.25) is 4.79 Å². The number of methoxy groups -OCH3 is 1. The second-order valence-electron chi connectivity index (χ2n) is 5.46. The molecule has 0 aliphatic rings. The topological polar surface area (TPSA) is 72.0 Å². The normalized spacial score (nSPS) is 11.4. The molecule has 2 N–H and O–H groups in total. The summed E-state index contributed by atoms with van der Waals surface area (Å²) in [5.41, 5.74) is 1.32. The van der Waals surface area contributed by atoms with E-state index in [1.54, 1.807) is 25.1 Å². The summed E-state index contributed by atoms with van der Waals surface area (Å²) in [6, 6.07) is 5.01. The van der Waals surface area contributed by atoms with Gasteiger partial charge >= 0.3 is 12.1 Å². The first-order chi connectivity index (χ1) is 12.2. The van der Waals surface area contributed by atoms with Crippen molar-refractivity contribution in [2.75, 3.05) is 26.8 Å². The molecule has 0 aliphatic heterocycles. The van der Waals surface area contributed by atoms with Crippen molar-refractivity contribution in [3.8, 4) is 5.75 Å². The van der Waals surface area contributed by atoms with E-state index in [0.717, 1.165) is 5.56 Å². The molecule has 27 heavy (non-hydrogen) atoms. The number of nitrogens with one attached hydrogen (secondary N) is 2. The van der Waals surface area contributed by atoms with Gasteiger partial charge in [-0.05, 0) is 25.5 Å². The lowest BCUT2D eigenvalue weighted by atomic mass is 10.1. The van der Waals surface area contributed by atoms with Gasteiger partial charge in [-0.25, -0.2) is 4.99 Å². The zero-order valence-corrected chi connectivity index (χ0v) is 17.8. The highest BCUT2D eigenvalue weighted by atomic mass is 127. The number of nitrogens with zero attached hydrogens (tertiary/aromatic N) is 1. The van der Waals surface area contributed by atoms with Gasteiger partial charge in [0.15, 0.2) is 12.6 Å². The third-order valence-electron chi connectivity index (χ3n) is 3.21. The van der Waals surface area contributed by atoms with Crippen molar-refractivity contribution in [1.82, 2.24) is 10.6 Å². The molecule has 0 atom stereocenters. The van der Waals surface area contributed by atoms with Crippen LogP contribution in [0.25, 0.3) is 0 Å². The minimum atomic E-state index is -4.41. The molecule has 1 aromatic carbocycles. The molecule has 0 saturated carbocycles. The lowest BCUT2D eigenvalue weighted by Gasteiger charge is -2.14. The molecule has 154 valence electrons. The predicted molar refractivity (Wildman–Crippen MR) is 108 cm³/mol. The highest BCUT2D eigenvalue weighted by Crippen LogP contribution is 2.24. The largest absolute Gasteiger partial charge is 0.484 e. The van der Waals surface area contributed by atoms with Crippen LogP contribution in [0.5, 0.6) is 5.75 Å². The fourth-order valence-electron chi connectivity index (χ4n) is 1.98. The van der Waals surface area contributed by atoms with Gasteiger partial charge in [0.05, 0.1) is 20.1 Å². The monoisotopic (exact) mass is 503 g/mol. The quantitative estimate of drug-likeness (QED) is 0.247. The number of halogens is 4. The third-order valence-corrected chi connectivity index (χ3v) is 3.21. The number of rotatable bonds is 8. The van der Waals surface area contributed by atoms with E-state index in [-0.39, 0.29) is 48.7 Å². The van der Waals surface area contributed by atoms with Crippen molar-refractivity contribution < 1.29 is 27.4 Å². The Balaban J connectivity index is 0.00000676. The molecule has 10 heteroatoms. The number of alkyl halides is 3. The summed E-state index contributed by atoms with van der Waals surface area (Å²) in [5, 5.41) is 5.96. The Morgan fingerprint density at radius 3 is 2.56 bits per heavy atom. The number of aryl methyl sites for hydroxylation is 1. The molecule has 0 aromatic heterocycles. The third kappa shape index (κ3) is 10.9. The van der Waals surface area contributed by atoms with Gasteiger partial charge in [-0.1, -0.05) is 12.1 Å². The maximum Gasteiger partial charge on any atom is 0.422 e. The standard InChI is InChI=1S/C17H24F3N3O3.HI/c1-4-21-16(22-8-7-15(24)25-3)23-10-13-6-5-12(2)9-14(13)26-11-17(18,19)20;/h5-6,9H,4,7-8,10-11H2,1-3H3,(H2,21,22,23);1H. The second kappa shape index (κ2) is 12.6. The molecule has 1 rings (SSSR count). The number of benzene rings is 1. The molecule has 0 fully saturated rings. The lowest BCUT2D eigenvalue weighted by molar-refractivity contribution is -0.153. The Kier molecular flexibility index (Phi) is 11.8. The molecule has 0 bridgehead atoms. The van der Waals surface area contributed by atoms with Crippen molar-refractivity contribution in [3.05, 3.63) is 29.3 Å².